The topological polar surface area (TPSA) is 12.9 Å². The Kier molecular flexibility index (Phi) is 2.15. The molecule has 1 heterocycles. The van der Waals surface area contributed by atoms with Gasteiger partial charge in [-0.25, -0.2) is 4.98 Å². The van der Waals surface area contributed by atoms with Crippen LogP contribution in [0.2, 0.25) is 0 Å². The predicted molar refractivity (Wildman–Crippen MR) is 58.6 cm³/mol. The van der Waals surface area contributed by atoms with Gasteiger partial charge in [0.1, 0.15) is 5.01 Å². The maximum absolute atomic E-state index is 4.46. The number of thiazole rings is 1. The van der Waals surface area contributed by atoms with Crippen LogP contribution in [-0.4, -0.2) is 4.98 Å². The highest BCUT2D eigenvalue weighted by Gasteiger charge is 1.98. The molecule has 0 aliphatic carbocycles. The number of allylic oxidation sites excluding steroid dienone is 1. The highest BCUT2D eigenvalue weighted by atomic mass is 32.1. The van der Waals surface area contributed by atoms with Crippen LogP contribution in [0.25, 0.3) is 16.3 Å². The molecule has 13 heavy (non-hydrogen) atoms. The molecule has 0 N–H and O–H groups in total. The van der Waals surface area contributed by atoms with Crippen LogP contribution in [0.1, 0.15) is 11.9 Å². The zero-order valence-corrected chi connectivity index (χ0v) is 8.27. The van der Waals surface area contributed by atoms with Crippen LogP contribution in [0.15, 0.2) is 29.8 Å². The van der Waals surface area contributed by atoms with E-state index < -0.39 is 0 Å². The van der Waals surface area contributed by atoms with Gasteiger partial charge in [0.25, 0.3) is 0 Å². The monoisotopic (exact) mass is 188 g/mol. The number of fused-ring (bicyclic) bond motifs is 1. The van der Waals surface area contributed by atoms with Crippen molar-refractivity contribution in [2.75, 3.05) is 0 Å². The van der Waals surface area contributed by atoms with E-state index in [-0.39, 0.29) is 0 Å². The van der Waals surface area contributed by atoms with Crippen LogP contribution < -0.4 is 0 Å². The maximum Gasteiger partial charge on any atom is 0.117 e. The number of para-hydroxylation sites is 1. The molecule has 0 aliphatic rings. The van der Waals surface area contributed by atoms with Crippen LogP contribution in [0, 0.1) is 6.92 Å². The molecular formula is C11H10NS. The van der Waals surface area contributed by atoms with E-state index >= 15 is 0 Å². The lowest BCUT2D eigenvalue weighted by molar-refractivity contribution is 1.44. The molecule has 0 amide bonds. The molecule has 0 spiro atoms. The third kappa shape index (κ3) is 1.78. The average Bonchev–Trinajstić information content (AvgIpc) is 2.44. The van der Waals surface area contributed by atoms with E-state index in [0.717, 1.165) is 16.1 Å². The first-order valence-corrected chi connectivity index (χ1v) is 4.93. The van der Waals surface area contributed by atoms with Crippen molar-refractivity contribution < 1.29 is 0 Å². The first-order valence-electron chi connectivity index (χ1n) is 4.11. The number of hydrogen-bond acceptors (Lipinski definition) is 2. The van der Waals surface area contributed by atoms with E-state index in [1.165, 1.54) is 4.70 Å². The van der Waals surface area contributed by atoms with Crippen molar-refractivity contribution in [1.82, 2.24) is 4.98 Å². The van der Waals surface area contributed by atoms with E-state index in [9.17, 15) is 0 Å². The Balaban J connectivity index is 2.56. The van der Waals surface area contributed by atoms with E-state index in [1.54, 1.807) is 11.3 Å². The summed E-state index contributed by atoms with van der Waals surface area (Å²) in [6.45, 7) is 5.81. The van der Waals surface area contributed by atoms with Gasteiger partial charge in [-0.1, -0.05) is 17.7 Å². The van der Waals surface area contributed by atoms with Crippen molar-refractivity contribution in [2.24, 2.45) is 0 Å². The minimum atomic E-state index is 1.04. The van der Waals surface area contributed by atoms with Gasteiger partial charge in [0.05, 0.1) is 10.2 Å². The fraction of sp³-hybridized carbons (Fsp3) is 0.0909. The Morgan fingerprint density at radius 3 is 2.92 bits per heavy atom. The molecule has 1 radical (unpaired) electrons. The van der Waals surface area contributed by atoms with Gasteiger partial charge in [0.2, 0.25) is 0 Å². The van der Waals surface area contributed by atoms with E-state index in [2.05, 4.69) is 18.0 Å². The van der Waals surface area contributed by atoms with E-state index in [1.807, 2.05) is 31.2 Å². The number of rotatable bonds is 1. The smallest absolute Gasteiger partial charge is 0.117 e. The highest BCUT2D eigenvalue weighted by molar-refractivity contribution is 7.19. The van der Waals surface area contributed by atoms with Gasteiger partial charge in [-0.05, 0) is 32.1 Å². The van der Waals surface area contributed by atoms with Crippen molar-refractivity contribution in [3.8, 4) is 0 Å². The minimum absolute atomic E-state index is 1.04. The Morgan fingerprint density at radius 1 is 1.46 bits per heavy atom. The summed E-state index contributed by atoms with van der Waals surface area (Å²) in [5.74, 6) is 0. The molecule has 0 fully saturated rings. The van der Waals surface area contributed by atoms with Gasteiger partial charge in [0, 0.05) is 0 Å². The zero-order valence-electron chi connectivity index (χ0n) is 7.45. The van der Waals surface area contributed by atoms with Crippen molar-refractivity contribution in [3.63, 3.8) is 0 Å². The lowest BCUT2D eigenvalue weighted by Crippen LogP contribution is -1.69. The van der Waals surface area contributed by atoms with E-state index in [4.69, 9.17) is 0 Å². The predicted octanol–water partition coefficient (Wildman–Crippen LogP) is 3.53. The maximum atomic E-state index is 4.46. The van der Waals surface area contributed by atoms with Crippen LogP contribution in [0.3, 0.4) is 0 Å². The second-order valence-electron chi connectivity index (χ2n) is 3.01. The number of hydrogen-bond donors (Lipinski definition) is 0. The molecule has 0 aliphatic heterocycles. The van der Waals surface area contributed by atoms with Crippen LogP contribution in [0.5, 0.6) is 0 Å². The molecule has 0 saturated heterocycles. The SMILES string of the molecule is [CH2]C(C)=Cc1nc2ccccc2s1. The molecule has 0 atom stereocenters. The summed E-state index contributed by atoms with van der Waals surface area (Å²) in [5.41, 5.74) is 2.11. The second-order valence-corrected chi connectivity index (χ2v) is 4.07. The quantitative estimate of drug-likeness (QED) is 0.667. The van der Waals surface area contributed by atoms with Gasteiger partial charge < -0.3 is 0 Å². The third-order valence-corrected chi connectivity index (χ3v) is 2.66. The first kappa shape index (κ1) is 8.45. The molecule has 1 aromatic carbocycles. The van der Waals surface area contributed by atoms with Gasteiger partial charge in [-0.2, -0.15) is 0 Å². The summed E-state index contributed by atoms with van der Waals surface area (Å²) in [6.07, 6.45) is 2.00. The highest BCUT2D eigenvalue weighted by Crippen LogP contribution is 2.22. The summed E-state index contributed by atoms with van der Waals surface area (Å²) in [7, 11) is 0. The summed E-state index contributed by atoms with van der Waals surface area (Å²) in [5, 5.41) is 1.04. The zero-order chi connectivity index (χ0) is 9.26. The summed E-state index contributed by atoms with van der Waals surface area (Å²) in [4.78, 5) is 4.46. The van der Waals surface area contributed by atoms with Gasteiger partial charge in [0.15, 0.2) is 0 Å². The standard InChI is InChI=1S/C11H10NS/c1-8(2)7-11-12-9-5-3-4-6-10(9)13-11/h3-7H,1H2,2H3. The lowest BCUT2D eigenvalue weighted by Gasteiger charge is -1.83. The van der Waals surface area contributed by atoms with Crippen molar-refractivity contribution in [3.05, 3.63) is 41.8 Å². The van der Waals surface area contributed by atoms with Crippen LogP contribution in [-0.2, 0) is 0 Å². The Labute approximate surface area is 81.7 Å². The molecule has 65 valence electrons. The lowest BCUT2D eigenvalue weighted by atomic mass is 10.3. The molecule has 1 aromatic heterocycles. The molecule has 0 unspecified atom stereocenters. The van der Waals surface area contributed by atoms with Gasteiger partial charge in [-0.3, -0.25) is 0 Å². The van der Waals surface area contributed by atoms with Crippen LogP contribution in [0.4, 0.5) is 0 Å². The molecule has 2 aromatic rings. The molecule has 2 rings (SSSR count). The second kappa shape index (κ2) is 3.30. The number of aromatic nitrogens is 1. The molecule has 1 nitrogen and oxygen atoms in total. The van der Waals surface area contributed by atoms with E-state index in [0.29, 0.717) is 0 Å². The fourth-order valence-corrected chi connectivity index (χ4v) is 2.16. The van der Waals surface area contributed by atoms with Gasteiger partial charge in [-0.15, -0.1) is 11.3 Å². The Hall–Kier alpha value is -1.15. The summed E-state index contributed by atoms with van der Waals surface area (Å²) in [6, 6.07) is 8.15. The fourth-order valence-electron chi connectivity index (χ4n) is 1.16. The van der Waals surface area contributed by atoms with Gasteiger partial charge >= 0.3 is 0 Å². The van der Waals surface area contributed by atoms with Crippen LogP contribution >= 0.6 is 11.3 Å². The van der Waals surface area contributed by atoms with Crippen molar-refractivity contribution >= 4 is 27.6 Å². The molecular weight excluding hydrogens is 178 g/mol. The van der Waals surface area contributed by atoms with Crippen molar-refractivity contribution in [2.45, 2.75) is 6.92 Å². The molecule has 0 bridgehead atoms. The first-order chi connectivity index (χ1) is 6.25. The largest absolute Gasteiger partial charge is 0.237 e. The number of nitrogens with zero attached hydrogens (tertiary/aromatic N) is 1. The van der Waals surface area contributed by atoms with Crippen molar-refractivity contribution in [1.29, 1.82) is 0 Å². The summed E-state index contributed by atoms with van der Waals surface area (Å²) < 4.78 is 1.23. The Bertz CT molecular complexity index is 417. The normalized spacial score (nSPS) is 12.3. The minimum Gasteiger partial charge on any atom is -0.237 e. The summed E-state index contributed by atoms with van der Waals surface area (Å²) >= 11 is 1.70. The molecule has 0 saturated carbocycles. The number of benzene rings is 1. The Morgan fingerprint density at radius 2 is 2.23 bits per heavy atom. The average molecular weight is 188 g/mol. The third-order valence-electron chi connectivity index (χ3n) is 1.68. The molecule has 2 heteroatoms.